The zero-order valence-corrected chi connectivity index (χ0v) is 13.8. The smallest absolute Gasteiger partial charge is 0.123 e. The molecule has 112 valence electrons. The van der Waals surface area contributed by atoms with Gasteiger partial charge in [0, 0.05) is 16.9 Å². The molecule has 2 rings (SSSR count). The maximum absolute atomic E-state index is 5.60. The van der Waals surface area contributed by atoms with E-state index in [4.69, 9.17) is 4.74 Å². The summed E-state index contributed by atoms with van der Waals surface area (Å²) in [6.45, 7) is 5.46. The molecule has 1 aliphatic heterocycles. The minimum absolute atomic E-state index is 0.412. The fourth-order valence-electron chi connectivity index (χ4n) is 2.87. The molecule has 20 heavy (non-hydrogen) atoms. The highest BCUT2D eigenvalue weighted by Crippen LogP contribution is 2.38. The number of ether oxygens (including phenoxy) is 1. The van der Waals surface area contributed by atoms with Crippen LogP contribution in [0, 0.1) is 6.92 Å². The second kappa shape index (κ2) is 7.94. The minimum atomic E-state index is 0.412. The van der Waals surface area contributed by atoms with Crippen LogP contribution in [0.1, 0.15) is 49.8 Å². The van der Waals surface area contributed by atoms with Crippen LogP contribution in [-0.2, 0) is 0 Å². The van der Waals surface area contributed by atoms with Crippen molar-refractivity contribution in [1.29, 1.82) is 0 Å². The molecule has 3 heteroatoms. The molecule has 0 aliphatic carbocycles. The molecule has 1 N–H and O–H groups in total. The van der Waals surface area contributed by atoms with Gasteiger partial charge >= 0.3 is 0 Å². The lowest BCUT2D eigenvalue weighted by Crippen LogP contribution is -2.32. The van der Waals surface area contributed by atoms with Gasteiger partial charge in [-0.25, -0.2) is 0 Å². The van der Waals surface area contributed by atoms with Crippen molar-refractivity contribution in [3.8, 4) is 5.75 Å². The van der Waals surface area contributed by atoms with E-state index < -0.39 is 0 Å². The Bertz CT molecular complexity index is 415. The number of methoxy groups -OCH3 is 1. The molecule has 0 radical (unpaired) electrons. The van der Waals surface area contributed by atoms with E-state index in [1.165, 1.54) is 42.6 Å². The number of hydrogen-bond acceptors (Lipinski definition) is 3. The molecule has 2 unspecified atom stereocenters. The first-order chi connectivity index (χ1) is 9.76. The third-order valence-electron chi connectivity index (χ3n) is 3.92. The zero-order valence-electron chi connectivity index (χ0n) is 12.9. The molecule has 1 heterocycles. The van der Waals surface area contributed by atoms with Crippen molar-refractivity contribution in [2.75, 3.05) is 19.4 Å². The molecule has 1 aliphatic rings. The van der Waals surface area contributed by atoms with Crippen LogP contribution in [0.4, 0.5) is 0 Å². The summed E-state index contributed by atoms with van der Waals surface area (Å²) in [4.78, 5) is 0. The van der Waals surface area contributed by atoms with E-state index in [-0.39, 0.29) is 0 Å². The Morgan fingerprint density at radius 3 is 2.90 bits per heavy atom. The van der Waals surface area contributed by atoms with Crippen LogP contribution in [0.15, 0.2) is 18.2 Å². The lowest BCUT2D eigenvalue weighted by Gasteiger charge is -2.32. The van der Waals surface area contributed by atoms with Gasteiger partial charge < -0.3 is 10.1 Å². The molecular formula is C17H27NOS. The Balaban J connectivity index is 2.26. The van der Waals surface area contributed by atoms with Crippen LogP contribution in [0.25, 0.3) is 0 Å². The fraction of sp³-hybridized carbons (Fsp3) is 0.647. The molecule has 2 atom stereocenters. The second-order valence-electron chi connectivity index (χ2n) is 5.58. The van der Waals surface area contributed by atoms with E-state index in [9.17, 15) is 0 Å². The first kappa shape index (κ1) is 15.7. The number of benzene rings is 1. The van der Waals surface area contributed by atoms with Crippen LogP contribution in [0.2, 0.25) is 0 Å². The lowest BCUT2D eigenvalue weighted by molar-refractivity contribution is 0.393. The second-order valence-corrected chi connectivity index (χ2v) is 6.93. The maximum Gasteiger partial charge on any atom is 0.123 e. The molecule has 1 fully saturated rings. The average molecular weight is 293 g/mol. The number of aryl methyl sites for hydroxylation is 1. The van der Waals surface area contributed by atoms with Gasteiger partial charge in [-0.2, -0.15) is 11.8 Å². The fourth-order valence-corrected chi connectivity index (χ4v) is 4.31. The van der Waals surface area contributed by atoms with Gasteiger partial charge in [0.1, 0.15) is 5.75 Å². The first-order valence-corrected chi connectivity index (χ1v) is 8.80. The first-order valence-electron chi connectivity index (χ1n) is 7.75. The van der Waals surface area contributed by atoms with Gasteiger partial charge in [0.05, 0.1) is 7.11 Å². The van der Waals surface area contributed by atoms with E-state index >= 15 is 0 Å². The van der Waals surface area contributed by atoms with Crippen LogP contribution < -0.4 is 10.1 Å². The molecule has 0 amide bonds. The van der Waals surface area contributed by atoms with E-state index in [0.717, 1.165) is 12.3 Å². The summed E-state index contributed by atoms with van der Waals surface area (Å²) in [5, 5.41) is 4.43. The van der Waals surface area contributed by atoms with E-state index in [2.05, 4.69) is 49.1 Å². The van der Waals surface area contributed by atoms with Gasteiger partial charge in [0.25, 0.3) is 0 Å². The maximum atomic E-state index is 5.60. The van der Waals surface area contributed by atoms with Gasteiger partial charge in [-0.1, -0.05) is 31.0 Å². The Kier molecular flexibility index (Phi) is 6.24. The minimum Gasteiger partial charge on any atom is -0.496 e. The third-order valence-corrected chi connectivity index (χ3v) is 5.38. The lowest BCUT2D eigenvalue weighted by atomic mass is 9.97. The molecule has 1 aromatic carbocycles. The number of rotatable bonds is 6. The van der Waals surface area contributed by atoms with Crippen molar-refractivity contribution in [3.05, 3.63) is 29.3 Å². The standard InChI is InChI=1S/C17H27NOS/c1-4-10-18-17(16-7-5-6-11-20-16)14-12-13(2)8-9-15(14)19-3/h8-9,12,16-18H,4-7,10-11H2,1-3H3. The summed E-state index contributed by atoms with van der Waals surface area (Å²) in [7, 11) is 1.78. The molecule has 0 aromatic heterocycles. The van der Waals surface area contributed by atoms with Gasteiger partial charge in [-0.15, -0.1) is 0 Å². The summed E-state index contributed by atoms with van der Waals surface area (Å²) >= 11 is 2.12. The quantitative estimate of drug-likeness (QED) is 0.843. The average Bonchev–Trinajstić information content (AvgIpc) is 2.49. The van der Waals surface area contributed by atoms with Gasteiger partial charge in [-0.3, -0.25) is 0 Å². The topological polar surface area (TPSA) is 21.3 Å². The van der Waals surface area contributed by atoms with Crippen LogP contribution >= 0.6 is 11.8 Å². The van der Waals surface area contributed by atoms with Crippen molar-refractivity contribution < 1.29 is 4.74 Å². The summed E-state index contributed by atoms with van der Waals surface area (Å²) < 4.78 is 5.60. The Hall–Kier alpha value is -0.670. The molecule has 0 saturated carbocycles. The van der Waals surface area contributed by atoms with Crippen LogP contribution in [0.3, 0.4) is 0 Å². The van der Waals surface area contributed by atoms with E-state index in [0.29, 0.717) is 11.3 Å². The molecule has 1 saturated heterocycles. The van der Waals surface area contributed by atoms with Crippen molar-refractivity contribution in [3.63, 3.8) is 0 Å². The van der Waals surface area contributed by atoms with Gasteiger partial charge in [0.2, 0.25) is 0 Å². The number of thioether (sulfide) groups is 1. The van der Waals surface area contributed by atoms with E-state index in [1.54, 1.807) is 7.11 Å². The largest absolute Gasteiger partial charge is 0.496 e. The molecule has 0 spiro atoms. The highest BCUT2D eigenvalue weighted by atomic mass is 32.2. The summed E-state index contributed by atoms with van der Waals surface area (Å²) in [6, 6.07) is 6.95. The zero-order chi connectivity index (χ0) is 14.4. The molecular weight excluding hydrogens is 266 g/mol. The molecule has 0 bridgehead atoms. The summed E-state index contributed by atoms with van der Waals surface area (Å²) in [6.07, 6.45) is 5.20. The molecule has 2 nitrogen and oxygen atoms in total. The van der Waals surface area contributed by atoms with Crippen LogP contribution in [-0.4, -0.2) is 24.7 Å². The Morgan fingerprint density at radius 2 is 2.25 bits per heavy atom. The Labute approximate surface area is 127 Å². The van der Waals surface area contributed by atoms with Gasteiger partial charge in [0.15, 0.2) is 0 Å². The number of nitrogens with one attached hydrogen (secondary N) is 1. The van der Waals surface area contributed by atoms with Crippen molar-refractivity contribution in [1.82, 2.24) is 5.32 Å². The SMILES string of the molecule is CCCNC(c1cc(C)ccc1OC)C1CCCCS1. The predicted octanol–water partition coefficient (Wildman–Crippen LogP) is 4.33. The highest BCUT2D eigenvalue weighted by molar-refractivity contribution is 8.00. The summed E-state index contributed by atoms with van der Waals surface area (Å²) in [5.41, 5.74) is 2.64. The predicted molar refractivity (Wildman–Crippen MR) is 88.9 cm³/mol. The number of hydrogen-bond donors (Lipinski definition) is 1. The van der Waals surface area contributed by atoms with Crippen molar-refractivity contribution in [2.24, 2.45) is 0 Å². The third kappa shape index (κ3) is 3.92. The van der Waals surface area contributed by atoms with Crippen molar-refractivity contribution in [2.45, 2.75) is 50.8 Å². The van der Waals surface area contributed by atoms with E-state index in [1.807, 2.05) is 0 Å². The Morgan fingerprint density at radius 1 is 1.40 bits per heavy atom. The van der Waals surface area contributed by atoms with Crippen LogP contribution in [0.5, 0.6) is 5.75 Å². The molecule has 1 aromatic rings. The van der Waals surface area contributed by atoms with Crippen molar-refractivity contribution >= 4 is 11.8 Å². The van der Waals surface area contributed by atoms with Gasteiger partial charge in [-0.05, 0) is 44.6 Å². The summed E-state index contributed by atoms with van der Waals surface area (Å²) in [5.74, 6) is 2.32. The monoisotopic (exact) mass is 293 g/mol. The highest BCUT2D eigenvalue weighted by Gasteiger charge is 2.27. The normalized spacial score (nSPS) is 20.6.